The number of imidazole rings is 1. The Morgan fingerprint density at radius 3 is 1.33 bits per heavy atom. The fraction of sp³-hybridized carbons (Fsp3) is 0.775. The van der Waals surface area contributed by atoms with E-state index < -0.39 is 0 Å². The van der Waals surface area contributed by atoms with Gasteiger partial charge in [-0.3, -0.25) is 0 Å². The molecule has 1 aromatic heterocycles. The van der Waals surface area contributed by atoms with Crippen LogP contribution in [0.4, 0.5) is 0 Å². The number of unbranched alkanes of at least 4 members (excludes halogenated alkanes) is 24. The molecule has 0 saturated heterocycles. The Kier molecular flexibility index (Phi) is 23.6. The summed E-state index contributed by atoms with van der Waals surface area (Å²) < 4.78 is 5.11. The molecule has 0 aliphatic heterocycles. The van der Waals surface area contributed by atoms with Crippen LogP contribution in [-0.4, -0.2) is 4.57 Å². The summed E-state index contributed by atoms with van der Waals surface area (Å²) in [6.07, 6.45) is 43.0. The van der Waals surface area contributed by atoms with Gasteiger partial charge in [0.1, 0.15) is 18.9 Å². The first-order chi connectivity index (χ1) is 20.8. The highest BCUT2D eigenvalue weighted by molar-refractivity contribution is 5.13. The lowest BCUT2D eigenvalue weighted by atomic mass is 10.0. The van der Waals surface area contributed by atoms with E-state index in [-0.39, 0.29) is 0 Å². The van der Waals surface area contributed by atoms with Crippen molar-refractivity contribution in [2.24, 2.45) is 0 Å². The lowest BCUT2D eigenvalue weighted by Gasteiger charge is -2.07. The molecule has 0 radical (unpaired) electrons. The Balaban J connectivity index is 1.59. The van der Waals surface area contributed by atoms with Gasteiger partial charge < -0.3 is 0 Å². The van der Waals surface area contributed by atoms with E-state index in [2.05, 4.69) is 65.7 Å². The summed E-state index contributed by atoms with van der Waals surface area (Å²) in [5.41, 5.74) is 1.41. The molecule has 1 aromatic carbocycles. The topological polar surface area (TPSA) is 8.81 Å². The van der Waals surface area contributed by atoms with E-state index >= 15 is 0 Å². The molecule has 2 aromatic rings. The predicted octanol–water partition coefficient (Wildman–Crippen LogP) is 12.5. The molecule has 2 rings (SSSR count). The van der Waals surface area contributed by atoms with Crippen LogP contribution in [0.5, 0.6) is 0 Å². The third kappa shape index (κ3) is 18.9. The maximum Gasteiger partial charge on any atom is 0.256 e. The molecule has 0 aliphatic carbocycles. The zero-order valence-corrected chi connectivity index (χ0v) is 28.4. The SMILES string of the molecule is CCCCCCCCCCCCCCCCCCc1n(CCCCCCCCCCCC)cc[n+]1Cc1ccccc1. The first kappa shape index (κ1) is 36.6. The third-order valence-corrected chi connectivity index (χ3v) is 9.29. The van der Waals surface area contributed by atoms with Crippen molar-refractivity contribution in [1.29, 1.82) is 0 Å². The summed E-state index contributed by atoms with van der Waals surface area (Å²) in [5, 5.41) is 0. The zero-order chi connectivity index (χ0) is 29.8. The minimum absolute atomic E-state index is 1.00. The van der Waals surface area contributed by atoms with Gasteiger partial charge in [-0.25, -0.2) is 9.13 Å². The fourth-order valence-corrected chi connectivity index (χ4v) is 6.51. The van der Waals surface area contributed by atoms with Crippen LogP contribution >= 0.6 is 0 Å². The van der Waals surface area contributed by atoms with Crippen LogP contribution < -0.4 is 4.57 Å². The zero-order valence-electron chi connectivity index (χ0n) is 28.4. The van der Waals surface area contributed by atoms with E-state index in [0.29, 0.717) is 0 Å². The van der Waals surface area contributed by atoms with Crippen molar-refractivity contribution in [3.8, 4) is 0 Å². The Morgan fingerprint density at radius 2 is 0.881 bits per heavy atom. The van der Waals surface area contributed by atoms with E-state index in [0.717, 1.165) is 6.54 Å². The van der Waals surface area contributed by atoms with E-state index in [1.54, 1.807) is 5.82 Å². The van der Waals surface area contributed by atoms with E-state index in [1.807, 2.05) is 0 Å². The van der Waals surface area contributed by atoms with Crippen molar-refractivity contribution in [2.45, 2.75) is 200 Å². The largest absolute Gasteiger partial charge is 0.256 e. The molecule has 0 unspecified atom stereocenters. The molecule has 0 atom stereocenters. The van der Waals surface area contributed by atoms with Crippen LogP contribution in [0.2, 0.25) is 0 Å². The second kappa shape index (κ2) is 27.0. The fourth-order valence-electron chi connectivity index (χ4n) is 6.51. The summed E-state index contributed by atoms with van der Waals surface area (Å²) in [4.78, 5) is 0. The number of nitrogens with zero attached hydrogens (tertiary/aromatic N) is 2. The molecule has 0 saturated carbocycles. The van der Waals surface area contributed by atoms with Crippen molar-refractivity contribution in [3.05, 3.63) is 54.1 Å². The number of benzene rings is 1. The number of rotatable bonds is 30. The molecule has 1 heterocycles. The highest BCUT2D eigenvalue weighted by Crippen LogP contribution is 2.15. The number of aryl methyl sites for hydroxylation is 1. The first-order valence-electron chi connectivity index (χ1n) is 19.0. The van der Waals surface area contributed by atoms with E-state index in [1.165, 1.54) is 185 Å². The lowest BCUT2D eigenvalue weighted by Crippen LogP contribution is -2.37. The standard InChI is InChI=1S/C40H71N2/c1-3-5-7-9-11-13-15-16-17-18-19-20-21-23-25-30-34-40-41(35-31-26-24-22-14-12-10-8-6-4-2)36-37-42(40)38-39-32-28-27-29-33-39/h27-29,32-33,36-37H,3-26,30-31,34-35,38H2,1-2H3/q+1. The number of aromatic nitrogens is 2. The molecule has 42 heavy (non-hydrogen) atoms. The maximum absolute atomic E-state index is 2.58. The lowest BCUT2D eigenvalue weighted by molar-refractivity contribution is -0.695. The highest BCUT2D eigenvalue weighted by Gasteiger charge is 2.17. The summed E-state index contributed by atoms with van der Waals surface area (Å²) in [6, 6.07) is 11.0. The second-order valence-corrected chi connectivity index (χ2v) is 13.3. The molecule has 0 amide bonds. The Hall–Kier alpha value is -1.57. The van der Waals surface area contributed by atoms with Gasteiger partial charge in [0.05, 0.1) is 6.54 Å². The summed E-state index contributed by atoms with van der Waals surface area (Å²) in [5.74, 6) is 1.54. The Bertz CT molecular complexity index is 823. The van der Waals surface area contributed by atoms with Crippen molar-refractivity contribution in [3.63, 3.8) is 0 Å². The van der Waals surface area contributed by atoms with Crippen molar-refractivity contribution in [2.75, 3.05) is 0 Å². The Morgan fingerprint density at radius 1 is 0.476 bits per heavy atom. The van der Waals surface area contributed by atoms with E-state index in [9.17, 15) is 0 Å². The van der Waals surface area contributed by atoms with Crippen molar-refractivity contribution >= 4 is 0 Å². The third-order valence-electron chi connectivity index (χ3n) is 9.29. The number of hydrogen-bond donors (Lipinski definition) is 0. The quantitative estimate of drug-likeness (QED) is 0.0643. The molecule has 0 spiro atoms. The summed E-state index contributed by atoms with van der Waals surface area (Å²) in [6.45, 7) is 6.80. The Labute approximate surface area is 263 Å². The van der Waals surface area contributed by atoms with Gasteiger partial charge in [0.15, 0.2) is 0 Å². The maximum atomic E-state index is 2.58. The van der Waals surface area contributed by atoms with Gasteiger partial charge in [-0.05, 0) is 24.8 Å². The van der Waals surface area contributed by atoms with Gasteiger partial charge in [0.25, 0.3) is 5.82 Å². The minimum atomic E-state index is 1.00. The normalized spacial score (nSPS) is 11.5. The average Bonchev–Trinajstić information content (AvgIpc) is 3.39. The highest BCUT2D eigenvalue weighted by atomic mass is 15.1. The van der Waals surface area contributed by atoms with Gasteiger partial charge in [-0.15, -0.1) is 0 Å². The average molecular weight is 580 g/mol. The van der Waals surface area contributed by atoms with Crippen molar-refractivity contribution in [1.82, 2.24) is 4.57 Å². The molecular formula is C40H71N2+. The van der Waals surface area contributed by atoms with Crippen LogP contribution in [0.1, 0.15) is 192 Å². The summed E-state index contributed by atoms with van der Waals surface area (Å²) >= 11 is 0. The van der Waals surface area contributed by atoms with Crippen LogP contribution in [0, 0.1) is 0 Å². The molecule has 240 valence electrons. The van der Waals surface area contributed by atoms with Gasteiger partial charge in [0, 0.05) is 6.42 Å². The van der Waals surface area contributed by atoms with Gasteiger partial charge in [-0.1, -0.05) is 192 Å². The van der Waals surface area contributed by atoms with Gasteiger partial charge in [-0.2, -0.15) is 0 Å². The van der Waals surface area contributed by atoms with Crippen LogP contribution in [0.25, 0.3) is 0 Å². The first-order valence-corrected chi connectivity index (χ1v) is 19.0. The second-order valence-electron chi connectivity index (χ2n) is 13.3. The predicted molar refractivity (Wildman–Crippen MR) is 185 cm³/mol. The smallest absolute Gasteiger partial charge is 0.234 e. The molecule has 0 aliphatic rings. The molecule has 2 heteroatoms. The summed E-state index contributed by atoms with van der Waals surface area (Å²) in [7, 11) is 0. The molecule has 0 bridgehead atoms. The van der Waals surface area contributed by atoms with Crippen LogP contribution in [0.3, 0.4) is 0 Å². The van der Waals surface area contributed by atoms with Crippen LogP contribution in [0.15, 0.2) is 42.7 Å². The van der Waals surface area contributed by atoms with Crippen molar-refractivity contribution < 1.29 is 4.57 Å². The monoisotopic (exact) mass is 580 g/mol. The molecule has 2 nitrogen and oxygen atoms in total. The molecular weight excluding hydrogens is 508 g/mol. The van der Waals surface area contributed by atoms with Crippen LogP contribution in [-0.2, 0) is 19.5 Å². The molecule has 0 N–H and O–H groups in total. The van der Waals surface area contributed by atoms with Gasteiger partial charge in [0.2, 0.25) is 0 Å². The molecule has 0 fully saturated rings. The number of hydrogen-bond acceptors (Lipinski definition) is 0. The minimum Gasteiger partial charge on any atom is -0.234 e. The van der Waals surface area contributed by atoms with E-state index in [4.69, 9.17) is 0 Å². The van der Waals surface area contributed by atoms with Gasteiger partial charge >= 0.3 is 0 Å².